The molecular weight excluding hydrogens is 1030 g/mol. The van der Waals surface area contributed by atoms with Crippen LogP contribution in [0.4, 0.5) is 4.79 Å². The number of aromatic nitrogens is 2. The maximum Gasteiger partial charge on any atom is 0.407 e. The van der Waals surface area contributed by atoms with E-state index in [9.17, 15) is 4.79 Å². The van der Waals surface area contributed by atoms with E-state index in [4.69, 9.17) is 15.2 Å². The van der Waals surface area contributed by atoms with Crippen LogP contribution < -0.4 is 42.4 Å². The molecule has 81 heavy (non-hydrogen) atoms. The first-order valence-corrected chi connectivity index (χ1v) is 28.1. The number of hydrogen-bond acceptors (Lipinski definition) is 12. The van der Waals surface area contributed by atoms with Gasteiger partial charge in [0.1, 0.15) is 42.6 Å². The molecule has 19 heteroatoms. The van der Waals surface area contributed by atoms with Crippen molar-refractivity contribution in [2.24, 2.45) is 17.6 Å². The third kappa shape index (κ3) is 15.9. The maximum atomic E-state index is 15.4. The number of nitrogens with one attached hydrogen (secondary N) is 7. The summed E-state index contributed by atoms with van der Waals surface area (Å²) in [5.74, 6) is -3.92. The van der Waals surface area contributed by atoms with Crippen LogP contribution >= 0.6 is 0 Å². The number of pyridine rings is 1. The summed E-state index contributed by atoms with van der Waals surface area (Å²) in [7, 11) is 0. The molecule has 2 aromatic heterocycles. The minimum atomic E-state index is -1.34. The molecule has 0 saturated carbocycles. The number of benzene rings is 4. The molecule has 6 aromatic rings. The van der Waals surface area contributed by atoms with Gasteiger partial charge in [-0.3, -0.25) is 33.8 Å². The molecule has 4 aromatic carbocycles. The van der Waals surface area contributed by atoms with Crippen LogP contribution in [0.25, 0.3) is 10.9 Å². The van der Waals surface area contributed by atoms with Crippen LogP contribution in [0.5, 0.6) is 5.75 Å². The normalized spacial score (nSPS) is 22.6. The van der Waals surface area contributed by atoms with Gasteiger partial charge >= 0.3 is 6.09 Å². The van der Waals surface area contributed by atoms with Crippen LogP contribution in [0, 0.1) is 11.8 Å². The lowest BCUT2D eigenvalue weighted by Gasteiger charge is -2.32. The van der Waals surface area contributed by atoms with E-state index in [1.807, 2.05) is 97.1 Å². The van der Waals surface area contributed by atoms with Crippen molar-refractivity contribution in [3.63, 3.8) is 0 Å². The van der Waals surface area contributed by atoms with E-state index in [-0.39, 0.29) is 64.1 Å². The second kappa shape index (κ2) is 28.1. The highest BCUT2D eigenvalue weighted by Gasteiger charge is 2.45. The average molecular weight is 1100 g/mol. The molecule has 0 aliphatic carbocycles. The zero-order chi connectivity index (χ0) is 56.5. The van der Waals surface area contributed by atoms with Crippen molar-refractivity contribution in [2.45, 2.75) is 107 Å². The summed E-state index contributed by atoms with van der Waals surface area (Å²) < 4.78 is 11.9. The fourth-order valence-corrected chi connectivity index (χ4v) is 11.1. The number of H-pyrrole nitrogens is 1. The number of aryl methyl sites for hydroxylation is 1. The van der Waals surface area contributed by atoms with Crippen LogP contribution in [0.1, 0.15) is 66.3 Å². The van der Waals surface area contributed by atoms with E-state index in [2.05, 4.69) is 41.9 Å². The molecule has 3 fully saturated rings. The number of Topliss-reactive ketones (excluding diaryl/α,β-unsaturated/α-hetero) is 1. The van der Waals surface area contributed by atoms with Gasteiger partial charge in [0.15, 0.2) is 5.78 Å². The number of carbonyl (C=O) groups is 7. The zero-order valence-electron chi connectivity index (χ0n) is 45.4. The first-order chi connectivity index (χ1) is 39.5. The smallest absolute Gasteiger partial charge is 0.407 e. The van der Waals surface area contributed by atoms with Gasteiger partial charge in [-0.05, 0) is 103 Å². The predicted octanol–water partition coefficient (Wildman–Crippen LogP) is 4.37. The van der Waals surface area contributed by atoms with Crippen molar-refractivity contribution in [3.8, 4) is 5.75 Å². The molecule has 19 nitrogen and oxygen atoms in total. The lowest BCUT2D eigenvalue weighted by Crippen LogP contribution is -2.60. The molecular formula is C62H72N10O9. The minimum Gasteiger partial charge on any atom is -0.489 e. The van der Waals surface area contributed by atoms with Gasteiger partial charge in [0.25, 0.3) is 0 Å². The molecule has 0 radical (unpaired) electrons. The number of ketones is 1. The van der Waals surface area contributed by atoms with Gasteiger partial charge in [-0.15, -0.1) is 0 Å². The average Bonchev–Trinajstić information content (AvgIpc) is 4.11. The number of aromatic amines is 1. The molecule has 0 bridgehead atoms. The van der Waals surface area contributed by atoms with Gasteiger partial charge in [-0.25, -0.2) is 4.79 Å². The van der Waals surface area contributed by atoms with Crippen molar-refractivity contribution in [2.75, 3.05) is 32.7 Å². The van der Waals surface area contributed by atoms with Gasteiger partial charge in [0.2, 0.25) is 29.5 Å². The Balaban J connectivity index is 1.10. The van der Waals surface area contributed by atoms with Crippen molar-refractivity contribution >= 4 is 52.3 Å². The topological polar surface area (TPSA) is 268 Å². The van der Waals surface area contributed by atoms with Gasteiger partial charge in [0, 0.05) is 80.6 Å². The van der Waals surface area contributed by atoms with Crippen molar-refractivity contribution in [1.82, 2.24) is 46.8 Å². The Hall–Kier alpha value is -8.42. The molecule has 7 atom stereocenters. The maximum absolute atomic E-state index is 15.4. The fraction of sp³-hybridized carbons (Fsp3) is 0.387. The quantitative estimate of drug-likeness (QED) is 0.0633. The van der Waals surface area contributed by atoms with E-state index in [0.29, 0.717) is 36.3 Å². The Morgan fingerprint density at radius 3 is 2.09 bits per heavy atom. The van der Waals surface area contributed by atoms with Gasteiger partial charge < -0.3 is 57.0 Å². The Kier molecular flexibility index (Phi) is 19.9. The summed E-state index contributed by atoms with van der Waals surface area (Å²) in [5.41, 5.74) is 10.4. The molecule has 3 saturated heterocycles. The summed E-state index contributed by atoms with van der Waals surface area (Å²) in [5, 5.41) is 18.8. The van der Waals surface area contributed by atoms with Crippen molar-refractivity contribution in [1.29, 1.82) is 0 Å². The second-order valence-electron chi connectivity index (χ2n) is 21.3. The Morgan fingerprint density at radius 1 is 0.679 bits per heavy atom. The summed E-state index contributed by atoms with van der Waals surface area (Å²) in [6, 6.07) is 31.1. The number of nitrogens with two attached hydrogens (primary N) is 1. The van der Waals surface area contributed by atoms with E-state index in [1.54, 1.807) is 42.9 Å². The second-order valence-corrected chi connectivity index (χ2v) is 21.3. The number of piperidine rings is 1. The standard InChI is InChI=1S/C62H72N10O9/c63-25-29-66-62(79)81-48-35-55-60(77)68-51(22-19-40-10-3-1-4-11-40)58(75)69-52(33-46-37-67-50-16-8-7-15-49(46)50)56(73)34-45(30-42-23-27-64-28-24-42)57(74)70-53(31-41-17-20-47(21-18-41)80-39-43-12-5-2-6-13-43)59(76)71-54(61(78)72(55)38-48)32-44-14-9-26-65-36-44/h1-18,20-21,26,36-37,42,45,48,51-55,64,67H,19,22-25,27-35,38-39,63H2,(H,66,79)(H,68,77)(H,69,75)(H,70,74)(H,71,76)/t45-,48-,51+,52-,53+,54+,55+/m1/s1. The third-order valence-corrected chi connectivity index (χ3v) is 15.5. The molecule has 0 spiro atoms. The van der Waals surface area contributed by atoms with Crippen LogP contribution in [-0.4, -0.2) is 125 Å². The van der Waals surface area contributed by atoms with E-state index in [0.717, 1.165) is 53.5 Å². The Bertz CT molecular complexity index is 3080. The van der Waals surface area contributed by atoms with Gasteiger partial charge in [-0.2, -0.15) is 0 Å². The molecule has 9 rings (SSSR count). The number of nitrogens with zero attached hydrogens (tertiary/aromatic N) is 2. The molecule has 3 aliphatic heterocycles. The van der Waals surface area contributed by atoms with E-state index >= 15 is 28.8 Å². The van der Waals surface area contributed by atoms with Crippen LogP contribution in [0.3, 0.4) is 0 Å². The number of para-hydroxylation sites is 1. The molecule has 424 valence electrons. The highest BCUT2D eigenvalue weighted by molar-refractivity contribution is 5.99. The van der Waals surface area contributed by atoms with Crippen LogP contribution in [0.2, 0.25) is 0 Å². The first-order valence-electron chi connectivity index (χ1n) is 28.1. The number of amides is 6. The lowest BCUT2D eigenvalue weighted by molar-refractivity contribution is -0.143. The van der Waals surface area contributed by atoms with Crippen molar-refractivity contribution < 1.29 is 43.0 Å². The minimum absolute atomic E-state index is 0.0233. The lowest BCUT2D eigenvalue weighted by atomic mass is 9.83. The van der Waals surface area contributed by atoms with E-state index < -0.39 is 83.6 Å². The summed E-state index contributed by atoms with van der Waals surface area (Å²) in [6.07, 6.45) is 4.99. The Labute approximate surface area is 471 Å². The highest BCUT2D eigenvalue weighted by atomic mass is 16.6. The molecule has 6 amide bonds. The predicted molar refractivity (Wildman–Crippen MR) is 304 cm³/mol. The number of rotatable bonds is 17. The van der Waals surface area contributed by atoms with Crippen LogP contribution in [0.15, 0.2) is 140 Å². The third-order valence-electron chi connectivity index (χ3n) is 15.5. The molecule has 5 heterocycles. The van der Waals surface area contributed by atoms with E-state index in [1.165, 1.54) is 4.90 Å². The number of hydrogen-bond donors (Lipinski definition) is 8. The number of carbonyl (C=O) groups excluding carboxylic acids is 7. The number of alkyl carbamates (subject to hydrolysis) is 1. The fourth-order valence-electron chi connectivity index (χ4n) is 11.1. The highest BCUT2D eigenvalue weighted by Crippen LogP contribution is 2.28. The number of ether oxygens (including phenoxy) is 2. The summed E-state index contributed by atoms with van der Waals surface area (Å²) >= 11 is 0. The molecule has 0 unspecified atom stereocenters. The summed E-state index contributed by atoms with van der Waals surface area (Å²) in [6.45, 7) is 1.81. The molecule has 9 N–H and O–H groups in total. The van der Waals surface area contributed by atoms with Gasteiger partial charge in [-0.1, -0.05) is 97.1 Å². The van der Waals surface area contributed by atoms with Crippen molar-refractivity contribution in [3.05, 3.63) is 168 Å². The van der Waals surface area contributed by atoms with Crippen LogP contribution in [-0.2, 0) is 65.8 Å². The SMILES string of the molecule is NCCNC(=O)O[C@@H]1C[C@H]2C(=O)N[C@@H](CCc3ccccc3)C(=O)N[C@H](Cc3c[nH]c4ccccc34)C(=O)C[C@@H](CC3CCNCC3)C(=O)N[C@@H](Cc3ccc(OCc4ccccc4)cc3)C(=O)N[C@@H](Cc3cccnc3)C(=O)N2C1. The van der Waals surface area contributed by atoms with Gasteiger partial charge in [0.05, 0.1) is 12.6 Å². The zero-order valence-corrected chi connectivity index (χ0v) is 45.4. The summed E-state index contributed by atoms with van der Waals surface area (Å²) in [4.78, 5) is 113. The Morgan fingerprint density at radius 2 is 1.35 bits per heavy atom. The number of fused-ring (bicyclic) bond motifs is 2. The largest absolute Gasteiger partial charge is 0.489 e. The monoisotopic (exact) mass is 1100 g/mol. The molecule has 3 aliphatic rings. The first kappa shape index (κ1) is 57.3.